The molecule has 0 fully saturated rings. The van der Waals surface area contributed by atoms with Crippen LogP contribution in [0.2, 0.25) is 0 Å². The maximum absolute atomic E-state index is 7.22. The number of rotatable bonds is 6. The molecule has 1 aliphatic heterocycles. The van der Waals surface area contributed by atoms with Crippen LogP contribution in [0, 0.1) is 5.92 Å². The highest BCUT2D eigenvalue weighted by Crippen LogP contribution is 2.56. The summed E-state index contributed by atoms with van der Waals surface area (Å²) in [6, 6.07) is 38.8. The van der Waals surface area contributed by atoms with Gasteiger partial charge in [-0.15, -0.1) is 0 Å². The maximum Gasteiger partial charge on any atom is 0.149 e. The van der Waals surface area contributed by atoms with E-state index in [0.29, 0.717) is 5.92 Å². The summed E-state index contributed by atoms with van der Waals surface area (Å²) in [5, 5.41) is 5.89. The molecule has 4 nitrogen and oxygen atoms in total. The van der Waals surface area contributed by atoms with E-state index in [1.807, 2.05) is 11.8 Å². The fourth-order valence-electron chi connectivity index (χ4n) is 11.3. The zero-order chi connectivity index (χ0) is 46.9. The molecule has 0 saturated heterocycles. The van der Waals surface area contributed by atoms with Crippen molar-refractivity contribution in [1.82, 2.24) is 0 Å². The molecule has 6 aromatic carbocycles. The number of fused-ring (bicyclic) bond motifs is 10. The van der Waals surface area contributed by atoms with E-state index < -0.39 is 0 Å². The van der Waals surface area contributed by atoms with Gasteiger partial charge in [0.2, 0.25) is 0 Å². The van der Waals surface area contributed by atoms with Crippen molar-refractivity contribution < 1.29 is 8.83 Å². The van der Waals surface area contributed by atoms with Gasteiger partial charge in [-0.1, -0.05) is 146 Å². The molecule has 3 aliphatic carbocycles. The van der Waals surface area contributed by atoms with Gasteiger partial charge in [-0.05, 0) is 126 Å². The number of allylic oxidation sites excluding steroid dienone is 6. The Balaban J connectivity index is 1.03. The first-order valence-electron chi connectivity index (χ1n) is 24.6. The van der Waals surface area contributed by atoms with Crippen molar-refractivity contribution in [2.24, 2.45) is 5.92 Å². The Kier molecular flexibility index (Phi) is 9.81. The number of anilines is 3. The summed E-state index contributed by atoms with van der Waals surface area (Å²) in [5.41, 5.74) is 14.9. The summed E-state index contributed by atoms with van der Waals surface area (Å²) in [7, 11) is 0. The summed E-state index contributed by atoms with van der Waals surface area (Å²) in [6.07, 6.45) is 21.2. The Morgan fingerprint density at radius 2 is 1.43 bits per heavy atom. The molecule has 0 radical (unpaired) electrons. The van der Waals surface area contributed by atoms with Crippen LogP contribution in [0.5, 0.6) is 0 Å². The molecule has 4 aliphatic rings. The Hall–Kier alpha value is -6.43. The summed E-state index contributed by atoms with van der Waals surface area (Å²) in [4.78, 5) is 7.34. The van der Waals surface area contributed by atoms with E-state index in [1.165, 1.54) is 65.3 Å². The topological polar surface area (TPSA) is 32.8 Å². The van der Waals surface area contributed by atoms with E-state index in [9.17, 15) is 0 Å². The molecule has 0 spiro atoms. The van der Waals surface area contributed by atoms with Crippen LogP contribution in [0.1, 0.15) is 110 Å². The second-order valence-corrected chi connectivity index (χ2v) is 23.2. The van der Waals surface area contributed by atoms with Gasteiger partial charge in [0.05, 0.1) is 10.4 Å². The Bertz CT molecular complexity index is 3520. The summed E-state index contributed by atoms with van der Waals surface area (Å²) in [5.74, 6) is 1.72. The van der Waals surface area contributed by atoms with Crippen molar-refractivity contribution in [1.29, 1.82) is 0 Å². The third-order valence-corrected chi connectivity index (χ3v) is 16.2. The average Bonchev–Trinajstić information content (AvgIpc) is 3.88. The summed E-state index contributed by atoms with van der Waals surface area (Å²) >= 11 is 1.83. The lowest BCUT2D eigenvalue weighted by molar-refractivity contribution is 0.568. The standard InChI is InChI=1S/C63H60N2O2S/c1-38-17-23-43(24-18-38)64(44-25-19-41(20-26-44)61(3,4)5)47-33-39(2)55-51-35-40-34-50-48-30-29-46(65(63(9)31-13-10-14-32-63)45-27-21-42(22-28-45)62(6,7)8)36-52(48)66-58(50)57-49-15-11-12-16-54(49)68-60(56(40)57)59(51)67-53(55)37-47/h10-17,19-31,34-39H,18,32-33H2,1-9H3. The van der Waals surface area contributed by atoms with Crippen LogP contribution in [0.25, 0.3) is 60.9 Å². The molecule has 5 heteroatoms. The van der Waals surface area contributed by atoms with Crippen LogP contribution in [0.15, 0.2) is 176 Å². The second kappa shape index (κ2) is 15.5. The third-order valence-electron chi connectivity index (χ3n) is 15.0. The smallest absolute Gasteiger partial charge is 0.149 e. The van der Waals surface area contributed by atoms with Gasteiger partial charge in [0, 0.05) is 83.7 Å². The van der Waals surface area contributed by atoms with Crippen LogP contribution in [-0.2, 0) is 10.8 Å². The number of hydrogen-bond donors (Lipinski definition) is 0. The van der Waals surface area contributed by atoms with Crippen LogP contribution in [0.4, 0.5) is 17.1 Å². The molecule has 3 heterocycles. The van der Waals surface area contributed by atoms with E-state index in [2.05, 4.69) is 224 Å². The van der Waals surface area contributed by atoms with E-state index in [0.717, 1.165) is 69.5 Å². The number of hydrogen-bond acceptors (Lipinski definition) is 5. The number of benzene rings is 6. The van der Waals surface area contributed by atoms with Gasteiger partial charge >= 0.3 is 0 Å². The predicted molar refractivity (Wildman–Crippen MR) is 289 cm³/mol. The van der Waals surface area contributed by atoms with E-state index in [1.54, 1.807) is 0 Å². The molecule has 0 bridgehead atoms. The van der Waals surface area contributed by atoms with Crippen molar-refractivity contribution in [2.45, 2.75) is 114 Å². The van der Waals surface area contributed by atoms with Crippen LogP contribution < -0.4 is 9.80 Å². The minimum absolute atomic E-state index is 0.0701. The molecular weight excluding hydrogens is 849 g/mol. The summed E-state index contributed by atoms with van der Waals surface area (Å²) in [6.45, 7) is 20.7. The molecule has 8 aromatic rings. The number of furan rings is 2. The second-order valence-electron chi connectivity index (χ2n) is 22.1. The molecule has 0 saturated carbocycles. The van der Waals surface area contributed by atoms with Gasteiger partial charge in [-0.25, -0.2) is 0 Å². The minimum Gasteiger partial charge on any atom is -0.455 e. The Morgan fingerprint density at radius 1 is 0.721 bits per heavy atom. The third kappa shape index (κ3) is 6.94. The molecule has 2 aromatic heterocycles. The first kappa shape index (κ1) is 42.9. The molecule has 340 valence electrons. The van der Waals surface area contributed by atoms with Crippen LogP contribution >= 0.6 is 11.8 Å². The van der Waals surface area contributed by atoms with Gasteiger partial charge in [0.1, 0.15) is 22.5 Å². The lowest BCUT2D eigenvalue weighted by Gasteiger charge is -2.42. The van der Waals surface area contributed by atoms with Crippen LogP contribution in [-0.4, -0.2) is 5.54 Å². The molecule has 3 unspecified atom stereocenters. The molecule has 3 atom stereocenters. The fourth-order valence-corrected chi connectivity index (χ4v) is 12.5. The molecule has 0 N–H and O–H groups in total. The van der Waals surface area contributed by atoms with Gasteiger partial charge in [0.25, 0.3) is 0 Å². The molecular formula is C63H60N2O2S. The summed E-state index contributed by atoms with van der Waals surface area (Å²) < 4.78 is 14.4. The monoisotopic (exact) mass is 908 g/mol. The highest BCUT2D eigenvalue weighted by molar-refractivity contribution is 8.00. The first-order chi connectivity index (χ1) is 32.6. The largest absolute Gasteiger partial charge is 0.455 e. The molecule has 0 amide bonds. The van der Waals surface area contributed by atoms with Gasteiger partial charge < -0.3 is 18.6 Å². The normalized spacial score (nSPS) is 20.0. The van der Waals surface area contributed by atoms with Gasteiger partial charge in [0.15, 0.2) is 0 Å². The van der Waals surface area contributed by atoms with E-state index >= 15 is 0 Å². The van der Waals surface area contributed by atoms with Gasteiger partial charge in [-0.3, -0.25) is 0 Å². The fraction of sp³-hybridized carbons (Fsp3) is 0.270. The average molecular weight is 909 g/mol. The quantitative estimate of drug-likeness (QED) is 0.166. The van der Waals surface area contributed by atoms with Crippen molar-refractivity contribution in [3.8, 4) is 11.1 Å². The van der Waals surface area contributed by atoms with Crippen molar-refractivity contribution in [2.75, 3.05) is 9.80 Å². The Labute approximate surface area is 405 Å². The van der Waals surface area contributed by atoms with E-state index in [4.69, 9.17) is 8.83 Å². The van der Waals surface area contributed by atoms with Crippen molar-refractivity contribution in [3.63, 3.8) is 0 Å². The Morgan fingerprint density at radius 3 is 2.12 bits per heavy atom. The van der Waals surface area contributed by atoms with Crippen molar-refractivity contribution in [3.05, 3.63) is 180 Å². The van der Waals surface area contributed by atoms with E-state index in [-0.39, 0.29) is 22.3 Å². The zero-order valence-corrected chi connectivity index (χ0v) is 41.6. The lowest BCUT2D eigenvalue weighted by Crippen LogP contribution is -2.42. The molecule has 68 heavy (non-hydrogen) atoms. The zero-order valence-electron chi connectivity index (χ0n) is 40.8. The SMILES string of the molecule is CC1C=CC(N(C2=Cc3oc4c5c6c(c7oc8cc(N(c9ccc(C(C)(C)C)cc9)C9(C)C=CC=CC9)ccc8c7cc6cc4c3C(C)C2)-c2ccccc2S5)c2ccc(C(C)(C)C)cc2)=CC1. The maximum atomic E-state index is 7.22. The first-order valence-corrected chi connectivity index (χ1v) is 25.4. The van der Waals surface area contributed by atoms with Crippen LogP contribution in [0.3, 0.4) is 0 Å². The molecule has 12 rings (SSSR count). The number of nitrogens with zero attached hydrogens (tertiary/aromatic N) is 2. The highest BCUT2D eigenvalue weighted by atomic mass is 32.2. The minimum atomic E-state index is -0.261. The predicted octanol–water partition coefficient (Wildman–Crippen LogP) is 18.5. The highest BCUT2D eigenvalue weighted by Gasteiger charge is 2.35. The van der Waals surface area contributed by atoms with Gasteiger partial charge in [-0.2, -0.15) is 0 Å². The lowest BCUT2D eigenvalue weighted by atomic mass is 9.86. The van der Waals surface area contributed by atoms with Crippen molar-refractivity contribution >= 4 is 78.6 Å².